The summed E-state index contributed by atoms with van der Waals surface area (Å²) in [6, 6.07) is -1.34. The van der Waals surface area contributed by atoms with Gasteiger partial charge in [0.25, 0.3) is 0 Å². The van der Waals surface area contributed by atoms with Crippen molar-refractivity contribution in [3.8, 4) is 0 Å². The van der Waals surface area contributed by atoms with Crippen LogP contribution in [0.3, 0.4) is 0 Å². The minimum Gasteiger partial charge on any atom is -0.480 e. The number of ether oxygens (including phenoxy) is 1. The number of nitrogens with one attached hydrogen (secondary N) is 2. The molecule has 0 saturated carbocycles. The molecule has 0 heterocycles. The maximum absolute atomic E-state index is 11.3. The van der Waals surface area contributed by atoms with Crippen molar-refractivity contribution in [1.82, 2.24) is 10.6 Å². The van der Waals surface area contributed by atoms with E-state index in [-0.39, 0.29) is 5.92 Å². The van der Waals surface area contributed by atoms with Gasteiger partial charge in [0.15, 0.2) is 0 Å². The molecule has 2 amide bonds. The lowest BCUT2D eigenvalue weighted by Crippen LogP contribution is -2.49. The van der Waals surface area contributed by atoms with E-state index in [0.717, 1.165) is 0 Å². The topological polar surface area (TPSA) is 87.7 Å². The van der Waals surface area contributed by atoms with Gasteiger partial charge in [-0.1, -0.05) is 20.3 Å². The van der Waals surface area contributed by atoms with Gasteiger partial charge in [-0.15, -0.1) is 0 Å². The molecule has 0 rings (SSSR count). The zero-order valence-electron chi connectivity index (χ0n) is 9.95. The molecule has 0 bridgehead atoms. The van der Waals surface area contributed by atoms with E-state index in [0.29, 0.717) is 19.6 Å². The molecule has 0 radical (unpaired) electrons. The third kappa shape index (κ3) is 5.55. The van der Waals surface area contributed by atoms with Gasteiger partial charge in [-0.3, -0.25) is 0 Å². The molecule has 0 aromatic rings. The van der Waals surface area contributed by atoms with Crippen molar-refractivity contribution in [2.45, 2.75) is 26.3 Å². The van der Waals surface area contributed by atoms with Gasteiger partial charge in [0.1, 0.15) is 6.04 Å². The van der Waals surface area contributed by atoms with Crippen molar-refractivity contribution >= 4 is 12.0 Å². The lowest BCUT2D eigenvalue weighted by molar-refractivity contribution is -0.140. The minimum atomic E-state index is -1.02. The van der Waals surface area contributed by atoms with Crippen molar-refractivity contribution in [3.63, 3.8) is 0 Å². The monoisotopic (exact) mass is 232 g/mol. The van der Waals surface area contributed by atoms with Crippen LogP contribution in [0.25, 0.3) is 0 Å². The molecule has 0 aromatic heterocycles. The predicted octanol–water partition coefficient (Wildman–Crippen LogP) is 0.431. The van der Waals surface area contributed by atoms with Crippen molar-refractivity contribution in [3.05, 3.63) is 0 Å². The number of amides is 2. The number of carbonyl (C=O) groups excluding carboxylic acids is 1. The molecule has 0 saturated heterocycles. The predicted molar refractivity (Wildman–Crippen MR) is 59.3 cm³/mol. The molecule has 6 heteroatoms. The SMILES string of the molecule is CCC(C)C(NC(=O)NCCOC)C(=O)O. The van der Waals surface area contributed by atoms with Gasteiger partial charge in [-0.2, -0.15) is 0 Å². The number of hydrogen-bond acceptors (Lipinski definition) is 3. The minimum absolute atomic E-state index is 0.106. The van der Waals surface area contributed by atoms with Gasteiger partial charge in [-0.25, -0.2) is 9.59 Å². The Morgan fingerprint density at radius 1 is 1.44 bits per heavy atom. The van der Waals surface area contributed by atoms with Gasteiger partial charge in [0, 0.05) is 13.7 Å². The third-order valence-corrected chi connectivity index (χ3v) is 2.36. The molecule has 2 unspecified atom stereocenters. The number of methoxy groups -OCH3 is 1. The first kappa shape index (κ1) is 14.7. The second-order valence-corrected chi connectivity index (χ2v) is 3.59. The molecule has 0 aliphatic carbocycles. The zero-order valence-corrected chi connectivity index (χ0v) is 9.95. The third-order valence-electron chi connectivity index (χ3n) is 2.36. The Labute approximate surface area is 95.4 Å². The molecule has 94 valence electrons. The van der Waals surface area contributed by atoms with Crippen molar-refractivity contribution in [1.29, 1.82) is 0 Å². The second-order valence-electron chi connectivity index (χ2n) is 3.59. The molecule has 2 atom stereocenters. The quantitative estimate of drug-likeness (QED) is 0.555. The summed E-state index contributed by atoms with van der Waals surface area (Å²) in [5.74, 6) is -1.12. The molecule has 0 spiro atoms. The van der Waals surface area contributed by atoms with Gasteiger partial charge >= 0.3 is 12.0 Å². The Bertz CT molecular complexity index is 233. The average Bonchev–Trinajstić information content (AvgIpc) is 2.25. The van der Waals surface area contributed by atoms with Gasteiger partial charge in [0.2, 0.25) is 0 Å². The van der Waals surface area contributed by atoms with Crippen LogP contribution in [-0.4, -0.2) is 43.4 Å². The van der Waals surface area contributed by atoms with Crippen LogP contribution in [0.5, 0.6) is 0 Å². The van der Waals surface area contributed by atoms with Gasteiger partial charge in [-0.05, 0) is 5.92 Å². The van der Waals surface area contributed by atoms with Crippen LogP contribution in [0.15, 0.2) is 0 Å². The van der Waals surface area contributed by atoms with E-state index in [1.54, 1.807) is 6.92 Å². The smallest absolute Gasteiger partial charge is 0.326 e. The van der Waals surface area contributed by atoms with E-state index in [1.807, 2.05) is 6.92 Å². The molecule has 0 aliphatic rings. The average molecular weight is 232 g/mol. The Kier molecular flexibility index (Phi) is 7.28. The largest absolute Gasteiger partial charge is 0.480 e. The number of rotatable bonds is 7. The van der Waals surface area contributed by atoms with Crippen LogP contribution in [0.2, 0.25) is 0 Å². The van der Waals surface area contributed by atoms with Crippen LogP contribution < -0.4 is 10.6 Å². The molecule has 3 N–H and O–H groups in total. The molecule has 16 heavy (non-hydrogen) atoms. The molecule has 6 nitrogen and oxygen atoms in total. The van der Waals surface area contributed by atoms with Crippen molar-refractivity contribution in [2.75, 3.05) is 20.3 Å². The number of urea groups is 1. The highest BCUT2D eigenvalue weighted by Crippen LogP contribution is 2.07. The van der Waals surface area contributed by atoms with E-state index in [2.05, 4.69) is 10.6 Å². The van der Waals surface area contributed by atoms with E-state index in [9.17, 15) is 9.59 Å². The summed E-state index contributed by atoms with van der Waals surface area (Å²) in [5, 5.41) is 13.9. The summed E-state index contributed by atoms with van der Waals surface area (Å²) in [7, 11) is 1.53. The standard InChI is InChI=1S/C10H20N2O4/c1-4-7(2)8(9(13)14)12-10(15)11-5-6-16-3/h7-8H,4-6H2,1-3H3,(H,13,14)(H2,11,12,15). The number of carbonyl (C=O) groups is 2. The van der Waals surface area contributed by atoms with Crippen molar-refractivity contribution in [2.24, 2.45) is 5.92 Å². The Balaban J connectivity index is 4.09. The summed E-state index contributed by atoms with van der Waals surface area (Å²) in [5.41, 5.74) is 0. The fourth-order valence-electron chi connectivity index (χ4n) is 1.14. The van der Waals surface area contributed by atoms with Crippen LogP contribution in [0.1, 0.15) is 20.3 Å². The lowest BCUT2D eigenvalue weighted by atomic mass is 9.99. The molecule has 0 aromatic carbocycles. The first-order chi connectivity index (χ1) is 7.52. The van der Waals surface area contributed by atoms with E-state index < -0.39 is 18.0 Å². The van der Waals surface area contributed by atoms with Crippen molar-refractivity contribution < 1.29 is 19.4 Å². The normalized spacial score (nSPS) is 13.9. The van der Waals surface area contributed by atoms with Crippen LogP contribution in [0.4, 0.5) is 4.79 Å². The summed E-state index contributed by atoms with van der Waals surface area (Å²) >= 11 is 0. The lowest BCUT2D eigenvalue weighted by Gasteiger charge is -2.20. The Morgan fingerprint density at radius 3 is 2.50 bits per heavy atom. The Hall–Kier alpha value is -1.30. The van der Waals surface area contributed by atoms with Crippen LogP contribution in [0, 0.1) is 5.92 Å². The van der Waals surface area contributed by atoms with E-state index >= 15 is 0 Å². The summed E-state index contributed by atoms with van der Waals surface area (Å²) in [4.78, 5) is 22.2. The highest BCUT2D eigenvalue weighted by atomic mass is 16.5. The molecular weight excluding hydrogens is 212 g/mol. The maximum Gasteiger partial charge on any atom is 0.326 e. The van der Waals surface area contributed by atoms with Crippen LogP contribution >= 0.6 is 0 Å². The number of hydrogen-bond donors (Lipinski definition) is 3. The first-order valence-corrected chi connectivity index (χ1v) is 5.29. The zero-order chi connectivity index (χ0) is 12.6. The fraction of sp³-hybridized carbons (Fsp3) is 0.800. The molecule has 0 fully saturated rings. The summed E-state index contributed by atoms with van der Waals surface area (Å²) in [6.45, 7) is 4.42. The van der Waals surface area contributed by atoms with Crippen LogP contribution in [-0.2, 0) is 9.53 Å². The van der Waals surface area contributed by atoms with Gasteiger partial charge < -0.3 is 20.5 Å². The molecule has 0 aliphatic heterocycles. The highest BCUT2D eigenvalue weighted by molar-refractivity contribution is 5.82. The highest BCUT2D eigenvalue weighted by Gasteiger charge is 2.24. The van der Waals surface area contributed by atoms with E-state index in [1.165, 1.54) is 7.11 Å². The number of aliphatic carboxylic acids is 1. The summed E-state index contributed by atoms with van der Waals surface area (Å²) in [6.07, 6.45) is 0.690. The maximum atomic E-state index is 11.3. The Morgan fingerprint density at radius 2 is 2.06 bits per heavy atom. The number of carboxylic acids is 1. The number of carboxylic acid groups (broad SMARTS) is 1. The fourth-order valence-corrected chi connectivity index (χ4v) is 1.14. The first-order valence-electron chi connectivity index (χ1n) is 5.29. The van der Waals surface area contributed by atoms with E-state index in [4.69, 9.17) is 9.84 Å². The van der Waals surface area contributed by atoms with Gasteiger partial charge in [0.05, 0.1) is 6.61 Å². The second kappa shape index (κ2) is 7.92. The summed E-state index contributed by atoms with van der Waals surface area (Å²) < 4.78 is 4.75. The molecular formula is C10H20N2O4.